The molecule has 0 bridgehead atoms. The number of pyridine rings is 1. The van der Waals surface area contributed by atoms with Gasteiger partial charge in [-0.05, 0) is 18.1 Å². The molecule has 1 amide bonds. The Bertz CT molecular complexity index is 441. The third-order valence-corrected chi connectivity index (χ3v) is 1.42. The summed E-state index contributed by atoms with van der Waals surface area (Å²) in [5.74, 6) is 3.73. The van der Waals surface area contributed by atoms with E-state index in [0.29, 0.717) is 11.4 Å². The first-order valence-corrected chi connectivity index (χ1v) is 3.89. The van der Waals surface area contributed by atoms with Crippen LogP contribution >= 0.6 is 0 Å². The van der Waals surface area contributed by atoms with Gasteiger partial charge in [0.25, 0.3) is 5.91 Å². The highest BCUT2D eigenvalue weighted by atomic mass is 16.1. The van der Waals surface area contributed by atoms with Gasteiger partial charge in [0.1, 0.15) is 11.4 Å². The van der Waals surface area contributed by atoms with Gasteiger partial charge < -0.3 is 5.73 Å². The summed E-state index contributed by atoms with van der Waals surface area (Å²) in [7, 11) is 0. The Morgan fingerprint density at radius 3 is 2.71 bits per heavy atom. The van der Waals surface area contributed by atoms with Crippen LogP contribution in [0.25, 0.3) is 0 Å². The molecule has 0 aliphatic rings. The number of nitrogens with zero attached hydrogens (tertiary/aromatic N) is 1. The van der Waals surface area contributed by atoms with Crippen molar-refractivity contribution >= 4 is 11.7 Å². The molecule has 4 nitrogen and oxygen atoms in total. The molecule has 0 unspecified atom stereocenters. The first-order valence-electron chi connectivity index (χ1n) is 3.89. The van der Waals surface area contributed by atoms with Crippen LogP contribution < -0.4 is 5.73 Å². The molecule has 2 N–H and O–H groups in total. The average molecular weight is 188 g/mol. The van der Waals surface area contributed by atoms with Gasteiger partial charge in [-0.2, -0.15) is 0 Å². The summed E-state index contributed by atoms with van der Waals surface area (Å²) < 4.78 is 0. The number of ketones is 1. The lowest BCUT2D eigenvalue weighted by Crippen LogP contribution is -2.06. The lowest BCUT2D eigenvalue weighted by molar-refractivity contribution is -0.112. The van der Waals surface area contributed by atoms with Gasteiger partial charge >= 0.3 is 0 Å². The molecule has 4 heteroatoms. The molecule has 1 rings (SSSR count). The Balaban J connectivity index is 3.02. The van der Waals surface area contributed by atoms with E-state index in [1.807, 2.05) is 0 Å². The van der Waals surface area contributed by atoms with Crippen molar-refractivity contribution in [2.75, 3.05) is 0 Å². The number of carbonyl (C=O) groups is 2. The van der Waals surface area contributed by atoms with Crippen LogP contribution in [-0.2, 0) is 4.79 Å². The topological polar surface area (TPSA) is 73.1 Å². The maximum Gasteiger partial charge on any atom is 0.293 e. The minimum Gasteiger partial charge on any atom is -0.359 e. The first kappa shape index (κ1) is 9.93. The fraction of sp³-hybridized carbons (Fsp3) is 0.100. The van der Waals surface area contributed by atoms with Crippen molar-refractivity contribution in [2.45, 2.75) is 6.92 Å². The van der Waals surface area contributed by atoms with Gasteiger partial charge in [-0.25, -0.2) is 4.98 Å². The van der Waals surface area contributed by atoms with E-state index in [4.69, 9.17) is 5.73 Å². The smallest absolute Gasteiger partial charge is 0.293 e. The van der Waals surface area contributed by atoms with Crippen LogP contribution in [0.1, 0.15) is 23.1 Å². The molecule has 0 radical (unpaired) electrons. The molecule has 0 saturated carbocycles. The molecule has 1 aromatic heterocycles. The maximum absolute atomic E-state index is 10.9. The van der Waals surface area contributed by atoms with Crippen molar-refractivity contribution in [1.29, 1.82) is 0 Å². The lowest BCUT2D eigenvalue weighted by atomic mass is 10.2. The second-order valence-corrected chi connectivity index (χ2v) is 2.58. The highest BCUT2D eigenvalue weighted by Crippen LogP contribution is 1.98. The summed E-state index contributed by atoms with van der Waals surface area (Å²) >= 11 is 0. The monoisotopic (exact) mass is 188 g/mol. The molecule has 70 valence electrons. The number of Topliss-reactive ketones (excluding diaryl/α,β-unsaturated/α-hetero) is 1. The SMILES string of the molecule is CC(=O)c1cccc(C#CC(N)=O)n1. The maximum atomic E-state index is 10.9. The van der Waals surface area contributed by atoms with E-state index >= 15 is 0 Å². The molecule has 0 atom stereocenters. The molecule has 1 aromatic rings. The van der Waals surface area contributed by atoms with E-state index in [1.165, 1.54) is 6.92 Å². The number of nitrogens with two attached hydrogens (primary N) is 1. The van der Waals surface area contributed by atoms with Crippen molar-refractivity contribution in [3.05, 3.63) is 29.6 Å². The number of rotatable bonds is 1. The summed E-state index contributed by atoms with van der Waals surface area (Å²) in [5, 5.41) is 0. The van der Waals surface area contributed by atoms with Gasteiger partial charge in [-0.15, -0.1) is 0 Å². The molecule has 0 saturated heterocycles. The van der Waals surface area contributed by atoms with Crippen LogP contribution in [0.5, 0.6) is 0 Å². The van der Waals surface area contributed by atoms with Gasteiger partial charge in [0.2, 0.25) is 0 Å². The Labute approximate surface area is 81.1 Å². The largest absolute Gasteiger partial charge is 0.359 e. The van der Waals surface area contributed by atoms with Crippen LogP contribution in [0.2, 0.25) is 0 Å². The summed E-state index contributed by atoms with van der Waals surface area (Å²) in [6, 6.07) is 4.83. The van der Waals surface area contributed by atoms with Gasteiger partial charge in [0.15, 0.2) is 5.78 Å². The van der Waals surface area contributed by atoms with Crippen LogP contribution in [0, 0.1) is 11.8 Å². The Kier molecular flexibility index (Phi) is 2.97. The molecule has 14 heavy (non-hydrogen) atoms. The number of amides is 1. The van der Waals surface area contributed by atoms with E-state index < -0.39 is 5.91 Å². The van der Waals surface area contributed by atoms with E-state index in [0.717, 1.165) is 0 Å². The first-order chi connectivity index (χ1) is 6.59. The zero-order valence-electron chi connectivity index (χ0n) is 7.57. The number of hydrogen-bond acceptors (Lipinski definition) is 3. The fourth-order valence-corrected chi connectivity index (χ4v) is 0.826. The number of aromatic nitrogens is 1. The van der Waals surface area contributed by atoms with Gasteiger partial charge in [-0.3, -0.25) is 9.59 Å². The quantitative estimate of drug-likeness (QED) is 0.502. The highest BCUT2D eigenvalue weighted by Gasteiger charge is 1.99. The van der Waals surface area contributed by atoms with Crippen molar-refractivity contribution in [1.82, 2.24) is 4.98 Å². The van der Waals surface area contributed by atoms with Crippen molar-refractivity contribution < 1.29 is 9.59 Å². The fourth-order valence-electron chi connectivity index (χ4n) is 0.826. The van der Waals surface area contributed by atoms with Crippen LogP contribution in [0.4, 0.5) is 0 Å². The molecule has 0 aliphatic heterocycles. The van der Waals surface area contributed by atoms with Crippen LogP contribution in [0.3, 0.4) is 0 Å². The van der Waals surface area contributed by atoms with Crippen molar-refractivity contribution in [2.24, 2.45) is 5.73 Å². The van der Waals surface area contributed by atoms with Gasteiger partial charge in [0, 0.05) is 12.8 Å². The third-order valence-electron chi connectivity index (χ3n) is 1.42. The number of hydrogen-bond donors (Lipinski definition) is 1. The third kappa shape index (κ3) is 2.72. The summed E-state index contributed by atoms with van der Waals surface area (Å²) in [4.78, 5) is 25.2. The summed E-state index contributed by atoms with van der Waals surface area (Å²) in [5.41, 5.74) is 5.51. The average Bonchev–Trinajstić information content (AvgIpc) is 2.15. The minimum atomic E-state index is -0.722. The molecule has 0 spiro atoms. The minimum absolute atomic E-state index is 0.146. The molecular weight excluding hydrogens is 180 g/mol. The van der Waals surface area contributed by atoms with E-state index in [9.17, 15) is 9.59 Å². The number of primary amides is 1. The van der Waals surface area contributed by atoms with Crippen molar-refractivity contribution in [3.63, 3.8) is 0 Å². The Morgan fingerprint density at radius 2 is 2.14 bits per heavy atom. The molecule has 0 aromatic carbocycles. The molecule has 0 fully saturated rings. The lowest BCUT2D eigenvalue weighted by Gasteiger charge is -1.93. The highest BCUT2D eigenvalue weighted by molar-refractivity contribution is 5.93. The number of carbonyl (C=O) groups excluding carboxylic acids is 2. The zero-order chi connectivity index (χ0) is 10.6. The van der Waals surface area contributed by atoms with Gasteiger partial charge in [-0.1, -0.05) is 6.07 Å². The predicted octanol–water partition coefficient (Wildman–Crippen LogP) is 0.121. The summed E-state index contributed by atoms with van der Waals surface area (Å²) in [6.07, 6.45) is 0. The standard InChI is InChI=1S/C10H8N2O2/c1-7(13)9-4-2-3-8(12-9)5-6-10(11)14/h2-4H,1H3,(H2,11,14). The van der Waals surface area contributed by atoms with E-state index in [1.54, 1.807) is 18.2 Å². The predicted molar refractivity (Wildman–Crippen MR) is 50.3 cm³/mol. The molecule has 1 heterocycles. The van der Waals surface area contributed by atoms with Crippen LogP contribution in [-0.4, -0.2) is 16.7 Å². The zero-order valence-corrected chi connectivity index (χ0v) is 7.57. The Hall–Kier alpha value is -2.15. The Morgan fingerprint density at radius 1 is 1.43 bits per heavy atom. The van der Waals surface area contributed by atoms with E-state index in [2.05, 4.69) is 16.8 Å². The van der Waals surface area contributed by atoms with Gasteiger partial charge in [0.05, 0.1) is 0 Å². The van der Waals surface area contributed by atoms with Crippen molar-refractivity contribution in [3.8, 4) is 11.8 Å². The molecular formula is C10H8N2O2. The second-order valence-electron chi connectivity index (χ2n) is 2.58. The van der Waals surface area contributed by atoms with Crippen LogP contribution in [0.15, 0.2) is 18.2 Å². The second kappa shape index (κ2) is 4.19. The summed E-state index contributed by atoms with van der Waals surface area (Å²) in [6.45, 7) is 1.41. The normalized spacial score (nSPS) is 8.64. The molecule has 0 aliphatic carbocycles. The van der Waals surface area contributed by atoms with E-state index in [-0.39, 0.29) is 5.78 Å².